The number of piperidine rings is 1. The summed E-state index contributed by atoms with van der Waals surface area (Å²) in [5.41, 5.74) is 3.02. The van der Waals surface area contributed by atoms with Crippen molar-refractivity contribution in [2.45, 2.75) is 25.0 Å². The first-order chi connectivity index (χ1) is 15.2. The molecule has 1 aliphatic heterocycles. The van der Waals surface area contributed by atoms with Gasteiger partial charge in [-0.3, -0.25) is 4.79 Å². The second-order valence-corrected chi connectivity index (χ2v) is 8.09. The van der Waals surface area contributed by atoms with Crippen molar-refractivity contribution in [3.05, 3.63) is 108 Å². The maximum atomic E-state index is 12.9. The predicted molar refractivity (Wildman–Crippen MR) is 121 cm³/mol. The number of hydrogen-bond acceptors (Lipinski definition) is 3. The van der Waals surface area contributed by atoms with Crippen LogP contribution in [0, 0.1) is 5.92 Å². The summed E-state index contributed by atoms with van der Waals surface area (Å²) in [6.45, 7) is 1.34. The number of ether oxygens (including phenoxy) is 1. The normalized spacial score (nSPS) is 15.7. The Bertz CT molecular complexity index is 898. The van der Waals surface area contributed by atoms with Crippen LogP contribution in [0.5, 0.6) is 0 Å². The van der Waals surface area contributed by atoms with Gasteiger partial charge in [-0.25, -0.2) is 0 Å². The van der Waals surface area contributed by atoms with Crippen LogP contribution in [0.2, 0.25) is 0 Å². The van der Waals surface area contributed by atoms with Crippen molar-refractivity contribution in [3.8, 4) is 0 Å². The zero-order chi connectivity index (χ0) is 21.5. The molecule has 1 unspecified atom stereocenters. The largest absolute Gasteiger partial charge is 0.388 e. The van der Waals surface area contributed by atoms with Crippen LogP contribution in [0.25, 0.3) is 0 Å². The molecule has 1 fully saturated rings. The first-order valence-electron chi connectivity index (χ1n) is 10.9. The van der Waals surface area contributed by atoms with Gasteiger partial charge in [-0.15, -0.1) is 0 Å². The van der Waals surface area contributed by atoms with E-state index in [2.05, 4.69) is 0 Å². The molecule has 31 heavy (non-hydrogen) atoms. The molecular formula is C27H29NO3. The van der Waals surface area contributed by atoms with Gasteiger partial charge in [0.15, 0.2) is 0 Å². The molecule has 160 valence electrons. The monoisotopic (exact) mass is 415 g/mol. The fourth-order valence-corrected chi connectivity index (χ4v) is 4.27. The van der Waals surface area contributed by atoms with E-state index in [0.29, 0.717) is 13.1 Å². The Morgan fingerprint density at radius 1 is 0.806 bits per heavy atom. The molecule has 0 spiro atoms. The van der Waals surface area contributed by atoms with Crippen LogP contribution in [0.15, 0.2) is 91.0 Å². The van der Waals surface area contributed by atoms with Crippen molar-refractivity contribution < 1.29 is 14.6 Å². The SMILES string of the molecule is O=C(COC(c1ccccc1)c1ccccc1)N1CCC(C(O)c2ccccc2)CC1. The Morgan fingerprint density at radius 3 is 1.74 bits per heavy atom. The molecule has 1 saturated heterocycles. The molecule has 1 N–H and O–H groups in total. The Kier molecular flexibility index (Phi) is 7.13. The summed E-state index contributed by atoms with van der Waals surface area (Å²) in [5, 5.41) is 10.7. The number of benzene rings is 3. The van der Waals surface area contributed by atoms with E-state index in [1.807, 2.05) is 95.9 Å². The van der Waals surface area contributed by atoms with Gasteiger partial charge in [0, 0.05) is 13.1 Å². The van der Waals surface area contributed by atoms with E-state index in [0.717, 1.165) is 29.5 Å². The number of carbonyl (C=O) groups excluding carboxylic acids is 1. The lowest BCUT2D eigenvalue weighted by Gasteiger charge is -2.34. The van der Waals surface area contributed by atoms with Gasteiger partial charge in [0.2, 0.25) is 5.91 Å². The van der Waals surface area contributed by atoms with E-state index in [9.17, 15) is 9.90 Å². The van der Waals surface area contributed by atoms with E-state index in [1.165, 1.54) is 0 Å². The number of amides is 1. The molecule has 1 amide bonds. The van der Waals surface area contributed by atoms with Gasteiger partial charge >= 0.3 is 0 Å². The highest BCUT2D eigenvalue weighted by Crippen LogP contribution is 2.31. The van der Waals surface area contributed by atoms with Gasteiger partial charge in [-0.2, -0.15) is 0 Å². The molecule has 0 aliphatic carbocycles. The molecular weight excluding hydrogens is 386 g/mol. The lowest BCUT2D eigenvalue weighted by Crippen LogP contribution is -2.41. The van der Waals surface area contributed by atoms with Crippen molar-refractivity contribution >= 4 is 5.91 Å². The second-order valence-electron chi connectivity index (χ2n) is 8.09. The highest BCUT2D eigenvalue weighted by Gasteiger charge is 2.28. The average molecular weight is 416 g/mol. The van der Waals surface area contributed by atoms with Crippen molar-refractivity contribution in [2.75, 3.05) is 19.7 Å². The van der Waals surface area contributed by atoms with E-state index in [-0.39, 0.29) is 24.5 Å². The quantitative estimate of drug-likeness (QED) is 0.605. The summed E-state index contributed by atoms with van der Waals surface area (Å²) in [5.74, 6) is 0.179. The van der Waals surface area contributed by atoms with Gasteiger partial charge in [0.1, 0.15) is 12.7 Å². The third-order valence-electron chi connectivity index (χ3n) is 6.06. The van der Waals surface area contributed by atoms with Crippen LogP contribution in [-0.4, -0.2) is 35.6 Å². The standard InChI is InChI=1S/C27H29NO3/c29-25(28-18-16-22(17-19-28)26(30)21-10-4-1-5-11-21)20-31-27(23-12-6-2-7-13-23)24-14-8-3-9-15-24/h1-15,22,26-27,30H,16-20H2. The van der Waals surface area contributed by atoms with E-state index in [1.54, 1.807) is 0 Å². The molecule has 4 nitrogen and oxygen atoms in total. The first-order valence-corrected chi connectivity index (χ1v) is 10.9. The minimum absolute atomic E-state index is 0.00418. The van der Waals surface area contributed by atoms with Gasteiger partial charge in [-0.05, 0) is 35.4 Å². The van der Waals surface area contributed by atoms with Gasteiger partial charge in [-0.1, -0.05) is 91.0 Å². The van der Waals surface area contributed by atoms with Crippen LogP contribution in [0.3, 0.4) is 0 Å². The lowest BCUT2D eigenvalue weighted by molar-refractivity contribution is -0.139. The van der Waals surface area contributed by atoms with Crippen LogP contribution in [0.1, 0.15) is 41.7 Å². The summed E-state index contributed by atoms with van der Waals surface area (Å²) in [4.78, 5) is 14.7. The van der Waals surface area contributed by atoms with Gasteiger partial charge in [0.25, 0.3) is 0 Å². The Hall–Kier alpha value is -2.95. The molecule has 3 aromatic rings. The van der Waals surface area contributed by atoms with E-state index < -0.39 is 6.10 Å². The predicted octanol–water partition coefficient (Wildman–Crippen LogP) is 4.76. The second kappa shape index (κ2) is 10.4. The van der Waals surface area contributed by atoms with Crippen molar-refractivity contribution in [1.82, 2.24) is 4.90 Å². The van der Waals surface area contributed by atoms with Gasteiger partial charge < -0.3 is 14.7 Å². The lowest BCUT2D eigenvalue weighted by atomic mass is 9.87. The maximum absolute atomic E-state index is 12.9. The molecule has 4 rings (SSSR count). The van der Waals surface area contributed by atoms with E-state index in [4.69, 9.17) is 4.74 Å². The number of likely N-dealkylation sites (tertiary alicyclic amines) is 1. The zero-order valence-corrected chi connectivity index (χ0v) is 17.6. The third-order valence-corrected chi connectivity index (χ3v) is 6.06. The highest BCUT2D eigenvalue weighted by molar-refractivity contribution is 5.77. The molecule has 0 aromatic heterocycles. The Labute approximate surface area is 184 Å². The fraction of sp³-hybridized carbons (Fsp3) is 0.296. The van der Waals surface area contributed by atoms with Crippen molar-refractivity contribution in [3.63, 3.8) is 0 Å². The topological polar surface area (TPSA) is 49.8 Å². The molecule has 0 bridgehead atoms. The van der Waals surface area contributed by atoms with Crippen molar-refractivity contribution in [2.24, 2.45) is 5.92 Å². The maximum Gasteiger partial charge on any atom is 0.248 e. The molecule has 0 saturated carbocycles. The highest BCUT2D eigenvalue weighted by atomic mass is 16.5. The summed E-state index contributed by atoms with van der Waals surface area (Å²) in [6, 6.07) is 29.8. The minimum Gasteiger partial charge on any atom is -0.388 e. The Morgan fingerprint density at radius 2 is 1.26 bits per heavy atom. The van der Waals surface area contributed by atoms with Crippen LogP contribution >= 0.6 is 0 Å². The fourth-order valence-electron chi connectivity index (χ4n) is 4.27. The molecule has 1 aliphatic rings. The molecule has 1 atom stereocenters. The summed E-state index contributed by atoms with van der Waals surface area (Å²) >= 11 is 0. The zero-order valence-electron chi connectivity index (χ0n) is 17.6. The minimum atomic E-state index is -0.477. The molecule has 1 heterocycles. The number of rotatable bonds is 7. The Balaban J connectivity index is 1.34. The third kappa shape index (κ3) is 5.40. The number of carbonyl (C=O) groups is 1. The average Bonchev–Trinajstić information content (AvgIpc) is 2.85. The van der Waals surface area contributed by atoms with Crippen LogP contribution < -0.4 is 0 Å². The number of hydrogen-bond donors (Lipinski definition) is 1. The summed E-state index contributed by atoms with van der Waals surface area (Å²) < 4.78 is 6.13. The molecule has 0 radical (unpaired) electrons. The summed E-state index contributed by atoms with van der Waals surface area (Å²) in [7, 11) is 0. The number of nitrogens with zero attached hydrogens (tertiary/aromatic N) is 1. The molecule has 4 heteroatoms. The first kappa shape index (κ1) is 21.3. The van der Waals surface area contributed by atoms with Gasteiger partial charge in [0.05, 0.1) is 6.10 Å². The van der Waals surface area contributed by atoms with Crippen LogP contribution in [0.4, 0.5) is 0 Å². The number of aliphatic hydroxyl groups excluding tert-OH is 1. The number of aliphatic hydroxyl groups is 1. The van der Waals surface area contributed by atoms with Crippen molar-refractivity contribution in [1.29, 1.82) is 0 Å². The molecule has 3 aromatic carbocycles. The summed E-state index contributed by atoms with van der Waals surface area (Å²) in [6.07, 6.45) is 0.838. The van der Waals surface area contributed by atoms with Crippen LogP contribution in [-0.2, 0) is 9.53 Å². The smallest absolute Gasteiger partial charge is 0.248 e. The van der Waals surface area contributed by atoms with E-state index >= 15 is 0 Å².